The lowest BCUT2D eigenvalue weighted by molar-refractivity contribution is -0.136. The minimum absolute atomic E-state index is 0.263. The van der Waals surface area contributed by atoms with Gasteiger partial charge < -0.3 is 9.84 Å². The molecule has 2 N–H and O–H groups in total. The van der Waals surface area contributed by atoms with Gasteiger partial charge in [-0.25, -0.2) is 5.01 Å². The lowest BCUT2D eigenvalue weighted by Crippen LogP contribution is -2.54. The Bertz CT molecular complexity index is 1340. The minimum Gasteiger partial charge on any atom is -0.496 e. The van der Waals surface area contributed by atoms with E-state index in [0.717, 1.165) is 16.1 Å². The number of para-hydroxylation sites is 2. The average Bonchev–Trinajstić information content (AvgIpc) is 2.91. The van der Waals surface area contributed by atoms with E-state index in [9.17, 15) is 14.7 Å². The van der Waals surface area contributed by atoms with Gasteiger partial charge in [0.1, 0.15) is 5.75 Å². The van der Waals surface area contributed by atoms with Crippen molar-refractivity contribution in [2.75, 3.05) is 12.1 Å². The van der Waals surface area contributed by atoms with Gasteiger partial charge in [-0.1, -0.05) is 90.0 Å². The first-order chi connectivity index (χ1) is 17.3. The Balaban J connectivity index is 1.82. The van der Waals surface area contributed by atoms with E-state index in [4.69, 9.17) is 4.74 Å². The molecule has 0 spiro atoms. The van der Waals surface area contributed by atoms with Crippen LogP contribution in [0.1, 0.15) is 32.6 Å². The molecule has 0 aliphatic heterocycles. The zero-order chi connectivity index (χ0) is 25.7. The van der Waals surface area contributed by atoms with Crippen molar-refractivity contribution in [3.05, 3.63) is 131 Å². The van der Waals surface area contributed by atoms with Gasteiger partial charge in [0.05, 0.1) is 18.4 Å². The third-order valence-corrected chi connectivity index (χ3v) is 5.97. The summed E-state index contributed by atoms with van der Waals surface area (Å²) >= 11 is 0. The van der Waals surface area contributed by atoms with Gasteiger partial charge in [0.2, 0.25) is 0 Å². The Hall–Kier alpha value is -4.42. The molecule has 0 unspecified atom stereocenters. The summed E-state index contributed by atoms with van der Waals surface area (Å²) in [6.45, 7) is 3.78. The van der Waals surface area contributed by atoms with E-state index in [1.54, 1.807) is 84.9 Å². The number of aryl methyl sites for hydroxylation is 2. The van der Waals surface area contributed by atoms with Crippen LogP contribution in [-0.2, 0) is 10.4 Å². The number of carbonyl (C=O) groups excluding carboxylic acids is 2. The number of aliphatic hydroxyl groups is 1. The van der Waals surface area contributed by atoms with E-state index in [1.807, 2.05) is 32.0 Å². The number of nitrogens with one attached hydrogen (secondary N) is 1. The highest BCUT2D eigenvalue weighted by Crippen LogP contribution is 2.32. The van der Waals surface area contributed by atoms with Crippen LogP contribution < -0.4 is 15.2 Å². The number of nitrogens with zero attached hydrogens (tertiary/aromatic N) is 1. The standard InChI is InChI=1S/C30H28N2O4/c1-21-11-9-13-23(19-21)30(35,24-14-10-12-22(2)20-24)29(34)31-32(25-15-5-4-6-16-25)28(33)26-17-7-8-18-27(26)36-3/h4-20,35H,1-3H3,(H,31,34). The van der Waals surface area contributed by atoms with E-state index < -0.39 is 17.4 Å². The molecule has 0 fully saturated rings. The molecule has 0 aliphatic carbocycles. The third kappa shape index (κ3) is 4.85. The molecule has 6 nitrogen and oxygen atoms in total. The van der Waals surface area contributed by atoms with Gasteiger partial charge >= 0.3 is 0 Å². The number of carbonyl (C=O) groups is 2. The Morgan fingerprint density at radius 2 is 1.33 bits per heavy atom. The smallest absolute Gasteiger partial charge is 0.280 e. The molecule has 4 aromatic carbocycles. The summed E-state index contributed by atoms with van der Waals surface area (Å²) in [5, 5.41) is 13.2. The molecule has 4 rings (SSSR count). The summed E-state index contributed by atoms with van der Waals surface area (Å²) in [7, 11) is 1.48. The number of rotatable bonds is 6. The van der Waals surface area contributed by atoms with E-state index in [0.29, 0.717) is 22.6 Å². The van der Waals surface area contributed by atoms with Crippen LogP contribution in [0.4, 0.5) is 5.69 Å². The lowest BCUT2D eigenvalue weighted by atomic mass is 9.84. The molecule has 182 valence electrons. The first-order valence-electron chi connectivity index (χ1n) is 11.5. The van der Waals surface area contributed by atoms with Gasteiger partial charge in [0, 0.05) is 0 Å². The zero-order valence-corrected chi connectivity index (χ0v) is 20.4. The summed E-state index contributed by atoms with van der Waals surface area (Å²) in [5.41, 5.74) is 3.88. The number of hydrogen-bond acceptors (Lipinski definition) is 4. The van der Waals surface area contributed by atoms with Crippen molar-refractivity contribution in [2.45, 2.75) is 19.4 Å². The van der Waals surface area contributed by atoms with Crippen LogP contribution in [0.15, 0.2) is 103 Å². The number of benzene rings is 4. The van der Waals surface area contributed by atoms with E-state index in [2.05, 4.69) is 5.43 Å². The molecular formula is C30H28N2O4. The van der Waals surface area contributed by atoms with Crippen molar-refractivity contribution >= 4 is 17.5 Å². The molecule has 6 heteroatoms. The summed E-state index contributed by atoms with van der Waals surface area (Å²) in [6, 6.07) is 29.8. The monoisotopic (exact) mass is 480 g/mol. The van der Waals surface area contributed by atoms with Gasteiger partial charge in [-0.05, 0) is 49.2 Å². The molecule has 36 heavy (non-hydrogen) atoms. The number of anilines is 1. The third-order valence-electron chi connectivity index (χ3n) is 5.97. The molecule has 0 saturated carbocycles. The van der Waals surface area contributed by atoms with Crippen molar-refractivity contribution in [1.82, 2.24) is 5.43 Å². The highest BCUT2D eigenvalue weighted by atomic mass is 16.5. The van der Waals surface area contributed by atoms with Crippen LogP contribution in [0, 0.1) is 13.8 Å². The second kappa shape index (κ2) is 10.5. The second-order valence-electron chi connectivity index (χ2n) is 8.57. The van der Waals surface area contributed by atoms with Crippen molar-refractivity contribution in [1.29, 1.82) is 0 Å². The fourth-order valence-corrected chi connectivity index (χ4v) is 4.10. The molecule has 0 radical (unpaired) electrons. The summed E-state index contributed by atoms with van der Waals surface area (Å²) in [6.07, 6.45) is 0. The highest BCUT2D eigenvalue weighted by Gasteiger charge is 2.42. The van der Waals surface area contributed by atoms with Crippen LogP contribution in [-0.4, -0.2) is 24.0 Å². The molecule has 0 saturated heterocycles. The quantitative estimate of drug-likeness (QED) is 0.384. The molecular weight excluding hydrogens is 452 g/mol. The van der Waals surface area contributed by atoms with Crippen LogP contribution in [0.2, 0.25) is 0 Å². The van der Waals surface area contributed by atoms with Crippen LogP contribution >= 0.6 is 0 Å². The number of amides is 2. The Morgan fingerprint density at radius 3 is 1.89 bits per heavy atom. The number of methoxy groups -OCH3 is 1. The van der Waals surface area contributed by atoms with Crippen LogP contribution in [0.5, 0.6) is 5.75 Å². The minimum atomic E-state index is -2.06. The predicted molar refractivity (Wildman–Crippen MR) is 140 cm³/mol. The van der Waals surface area contributed by atoms with Gasteiger partial charge in [-0.15, -0.1) is 0 Å². The topological polar surface area (TPSA) is 78.9 Å². The summed E-state index contributed by atoms with van der Waals surface area (Å²) in [4.78, 5) is 27.7. The highest BCUT2D eigenvalue weighted by molar-refractivity contribution is 6.09. The molecule has 4 aromatic rings. The Morgan fingerprint density at radius 1 is 0.778 bits per heavy atom. The molecule has 0 aliphatic rings. The number of ether oxygens (including phenoxy) is 1. The predicted octanol–water partition coefficient (Wildman–Crippen LogP) is 4.93. The van der Waals surface area contributed by atoms with E-state index in [-0.39, 0.29) is 5.56 Å². The number of hydrogen-bond donors (Lipinski definition) is 2. The van der Waals surface area contributed by atoms with Gasteiger partial charge in [0.25, 0.3) is 11.8 Å². The van der Waals surface area contributed by atoms with Crippen molar-refractivity contribution in [3.63, 3.8) is 0 Å². The maximum Gasteiger partial charge on any atom is 0.280 e. The van der Waals surface area contributed by atoms with Crippen molar-refractivity contribution in [3.8, 4) is 5.75 Å². The van der Waals surface area contributed by atoms with Crippen LogP contribution in [0.3, 0.4) is 0 Å². The van der Waals surface area contributed by atoms with Crippen molar-refractivity contribution in [2.24, 2.45) is 0 Å². The molecule has 2 amide bonds. The second-order valence-corrected chi connectivity index (χ2v) is 8.57. The Kier molecular flexibility index (Phi) is 7.17. The molecule has 0 bridgehead atoms. The van der Waals surface area contributed by atoms with Crippen molar-refractivity contribution < 1.29 is 19.4 Å². The van der Waals surface area contributed by atoms with E-state index in [1.165, 1.54) is 7.11 Å². The normalized spacial score (nSPS) is 11.0. The maximum absolute atomic E-state index is 14.0. The first-order valence-corrected chi connectivity index (χ1v) is 11.5. The largest absolute Gasteiger partial charge is 0.496 e. The van der Waals surface area contributed by atoms with E-state index >= 15 is 0 Å². The molecule has 0 heterocycles. The maximum atomic E-state index is 14.0. The fourth-order valence-electron chi connectivity index (χ4n) is 4.10. The fraction of sp³-hybridized carbons (Fsp3) is 0.133. The first kappa shape index (κ1) is 24.7. The van der Waals surface area contributed by atoms with Gasteiger partial charge in [-0.2, -0.15) is 0 Å². The van der Waals surface area contributed by atoms with Crippen LogP contribution in [0.25, 0.3) is 0 Å². The van der Waals surface area contributed by atoms with Gasteiger partial charge in [0.15, 0.2) is 5.60 Å². The molecule has 0 aromatic heterocycles. The zero-order valence-electron chi connectivity index (χ0n) is 20.4. The summed E-state index contributed by atoms with van der Waals surface area (Å²) in [5.74, 6) is -0.918. The van der Waals surface area contributed by atoms with Gasteiger partial charge in [-0.3, -0.25) is 15.0 Å². The average molecular weight is 481 g/mol. The molecule has 0 atom stereocenters. The Labute approximate surface area is 210 Å². The lowest BCUT2D eigenvalue weighted by Gasteiger charge is -2.32. The number of hydrazine groups is 1. The SMILES string of the molecule is COc1ccccc1C(=O)N(NC(=O)C(O)(c1cccc(C)c1)c1cccc(C)c1)c1ccccc1. The summed E-state index contributed by atoms with van der Waals surface area (Å²) < 4.78 is 5.38.